The van der Waals surface area contributed by atoms with Crippen molar-refractivity contribution >= 4 is 36.7 Å². The van der Waals surface area contributed by atoms with Gasteiger partial charge in [-0.3, -0.25) is 4.57 Å². The summed E-state index contributed by atoms with van der Waals surface area (Å²) in [5.74, 6) is 0. The average Bonchev–Trinajstić information content (AvgIpc) is 2.79. The summed E-state index contributed by atoms with van der Waals surface area (Å²) >= 11 is 1.38. The van der Waals surface area contributed by atoms with E-state index in [4.69, 9.17) is 9.05 Å². The first-order valence-corrected chi connectivity index (χ1v) is 11.4. The fourth-order valence-electron chi connectivity index (χ4n) is 1.57. The molecule has 1 aromatic heterocycles. The Kier molecular flexibility index (Phi) is 6.49. The van der Waals surface area contributed by atoms with E-state index in [1.807, 2.05) is 6.92 Å². The molecule has 0 aliphatic carbocycles. The minimum atomic E-state index is -3.35. The molecule has 1 rings (SSSR count). The highest BCUT2D eigenvalue weighted by Gasteiger charge is 2.34. The van der Waals surface area contributed by atoms with Gasteiger partial charge in [-0.1, -0.05) is 13.3 Å². The van der Waals surface area contributed by atoms with Crippen LogP contribution in [0.3, 0.4) is 0 Å². The molecule has 0 radical (unpaired) electrons. The summed E-state index contributed by atoms with van der Waals surface area (Å²) in [6.07, 6.45) is 1.79. The summed E-state index contributed by atoms with van der Waals surface area (Å²) in [5.41, 5.74) is 0. The summed E-state index contributed by atoms with van der Waals surface area (Å²) < 4.78 is 36.0. The predicted molar refractivity (Wildman–Crippen MR) is 83.1 cm³/mol. The minimum Gasteiger partial charge on any atom is -0.319 e. The number of unbranched alkanes of at least 4 members (excludes halogenated alkanes) is 1. The van der Waals surface area contributed by atoms with Gasteiger partial charge in [0, 0.05) is 16.1 Å². The van der Waals surface area contributed by atoms with E-state index in [1.54, 1.807) is 31.0 Å². The van der Waals surface area contributed by atoms with E-state index in [2.05, 4.69) is 0 Å². The van der Waals surface area contributed by atoms with Crippen molar-refractivity contribution in [1.29, 1.82) is 0 Å². The van der Waals surface area contributed by atoms with Crippen LogP contribution in [-0.4, -0.2) is 26.5 Å². The van der Waals surface area contributed by atoms with Crippen LogP contribution in [0.2, 0.25) is 0 Å². The van der Waals surface area contributed by atoms with Crippen LogP contribution in [-0.2, 0) is 18.2 Å². The van der Waals surface area contributed by atoms with Crippen LogP contribution >= 0.6 is 26.1 Å². The van der Waals surface area contributed by atoms with Gasteiger partial charge in [-0.15, -0.1) is 0 Å². The van der Waals surface area contributed by atoms with E-state index < -0.39 is 14.7 Å². The molecule has 0 saturated carbocycles. The summed E-state index contributed by atoms with van der Waals surface area (Å²) in [7, 11) is -5.84. The maximum Gasteiger partial charge on any atom is 0.362 e. The molecule has 0 aromatic carbocycles. The maximum absolute atomic E-state index is 12.9. The molecule has 1 aromatic rings. The van der Waals surface area contributed by atoms with Gasteiger partial charge in [-0.2, -0.15) is 11.3 Å². The molecule has 19 heavy (non-hydrogen) atoms. The van der Waals surface area contributed by atoms with E-state index in [9.17, 15) is 9.13 Å². The lowest BCUT2D eigenvalue weighted by Crippen LogP contribution is -2.23. The van der Waals surface area contributed by atoms with Crippen LogP contribution in [0, 0.1) is 0 Å². The zero-order valence-corrected chi connectivity index (χ0v) is 14.5. The molecule has 110 valence electrons. The molecular formula is C12H22O4P2S. The van der Waals surface area contributed by atoms with Crippen LogP contribution in [0.4, 0.5) is 0 Å². The van der Waals surface area contributed by atoms with Crippen LogP contribution in [0.15, 0.2) is 10.8 Å². The molecule has 1 heterocycles. The zero-order valence-electron chi connectivity index (χ0n) is 11.9. The summed E-state index contributed by atoms with van der Waals surface area (Å²) in [4.78, 5) is 0. The Balaban J connectivity index is 3.09. The lowest BCUT2D eigenvalue weighted by molar-refractivity contribution is 0.218. The van der Waals surface area contributed by atoms with Crippen molar-refractivity contribution in [3.8, 4) is 0 Å². The quantitative estimate of drug-likeness (QED) is 0.541. The fraction of sp³-hybridized carbons (Fsp3) is 0.667. The van der Waals surface area contributed by atoms with Gasteiger partial charge in [-0.25, -0.2) is 0 Å². The molecule has 0 N–H and O–H groups in total. The van der Waals surface area contributed by atoms with Crippen LogP contribution in [0.25, 0.3) is 0 Å². The van der Waals surface area contributed by atoms with Gasteiger partial charge in [0.05, 0.1) is 18.5 Å². The Hall–Kier alpha value is 0.0800. The first-order valence-electron chi connectivity index (χ1n) is 6.36. The Bertz CT molecular complexity index is 492. The third kappa shape index (κ3) is 4.54. The van der Waals surface area contributed by atoms with E-state index in [1.165, 1.54) is 11.3 Å². The Morgan fingerprint density at radius 3 is 2.26 bits per heavy atom. The molecule has 7 heteroatoms. The molecule has 4 nitrogen and oxygen atoms in total. The molecular weight excluding hydrogens is 302 g/mol. The second-order valence-corrected chi connectivity index (χ2v) is 10.5. The van der Waals surface area contributed by atoms with Crippen molar-refractivity contribution in [3.63, 3.8) is 0 Å². The minimum absolute atomic E-state index is 0.302. The lowest BCUT2D eigenvalue weighted by Gasteiger charge is -2.19. The van der Waals surface area contributed by atoms with Crippen molar-refractivity contribution in [3.05, 3.63) is 10.8 Å². The fourth-order valence-corrected chi connectivity index (χ4v) is 7.33. The molecule has 0 fully saturated rings. The van der Waals surface area contributed by atoms with E-state index in [0.29, 0.717) is 23.8 Å². The standard InChI is InChI=1S/C12H22O4P2S/c1-5-7-8-16-18(14,15-6-2)12-10-19-9-11(12)17(3,4)13/h9-10H,5-8H2,1-4H3. The first kappa shape index (κ1) is 17.1. The first-order chi connectivity index (χ1) is 8.85. The van der Waals surface area contributed by atoms with Gasteiger partial charge in [0.25, 0.3) is 0 Å². The Morgan fingerprint density at radius 1 is 1.11 bits per heavy atom. The van der Waals surface area contributed by atoms with Crippen molar-refractivity contribution in [2.24, 2.45) is 0 Å². The molecule has 1 unspecified atom stereocenters. The Morgan fingerprint density at radius 2 is 1.74 bits per heavy atom. The predicted octanol–water partition coefficient (Wildman–Crippen LogP) is 3.67. The summed E-state index contributed by atoms with van der Waals surface area (Å²) in [6.45, 7) is 7.84. The lowest BCUT2D eigenvalue weighted by atomic mass is 10.4. The van der Waals surface area contributed by atoms with Gasteiger partial charge in [-0.05, 0) is 26.7 Å². The van der Waals surface area contributed by atoms with E-state index >= 15 is 0 Å². The van der Waals surface area contributed by atoms with Gasteiger partial charge in [0.1, 0.15) is 7.14 Å². The second-order valence-electron chi connectivity index (χ2n) is 4.60. The highest BCUT2D eigenvalue weighted by Crippen LogP contribution is 2.50. The largest absolute Gasteiger partial charge is 0.362 e. The highest BCUT2D eigenvalue weighted by molar-refractivity contribution is 7.74. The van der Waals surface area contributed by atoms with E-state index in [0.717, 1.165) is 12.8 Å². The van der Waals surface area contributed by atoms with Crippen LogP contribution in [0.5, 0.6) is 0 Å². The van der Waals surface area contributed by atoms with Crippen LogP contribution < -0.4 is 10.6 Å². The summed E-state index contributed by atoms with van der Waals surface area (Å²) in [6, 6.07) is 0. The normalized spacial score (nSPS) is 15.4. The molecule has 0 aliphatic heterocycles. The zero-order chi connectivity index (χ0) is 14.5. The maximum atomic E-state index is 12.9. The molecule has 0 bridgehead atoms. The summed E-state index contributed by atoms with van der Waals surface area (Å²) in [5, 5.41) is 4.61. The highest BCUT2D eigenvalue weighted by atomic mass is 32.1. The number of thiophene rings is 1. The molecule has 0 aliphatic rings. The van der Waals surface area contributed by atoms with Crippen molar-refractivity contribution < 1.29 is 18.2 Å². The SMILES string of the molecule is CCCCOP(=O)(OCC)c1cscc1P(C)(C)=O. The molecule has 0 spiro atoms. The van der Waals surface area contributed by atoms with Crippen molar-refractivity contribution in [2.45, 2.75) is 26.7 Å². The average molecular weight is 324 g/mol. The topological polar surface area (TPSA) is 52.6 Å². The van der Waals surface area contributed by atoms with Gasteiger partial charge in [0.2, 0.25) is 0 Å². The third-order valence-corrected chi connectivity index (χ3v) is 7.44. The number of hydrogen-bond acceptors (Lipinski definition) is 5. The van der Waals surface area contributed by atoms with E-state index in [-0.39, 0.29) is 0 Å². The number of rotatable bonds is 8. The number of hydrogen-bond donors (Lipinski definition) is 0. The van der Waals surface area contributed by atoms with Gasteiger partial charge >= 0.3 is 7.60 Å². The van der Waals surface area contributed by atoms with Gasteiger partial charge in [0.15, 0.2) is 0 Å². The van der Waals surface area contributed by atoms with Crippen molar-refractivity contribution in [1.82, 2.24) is 0 Å². The monoisotopic (exact) mass is 324 g/mol. The molecule has 0 saturated heterocycles. The Labute approximate surface area is 119 Å². The second kappa shape index (κ2) is 7.19. The molecule has 1 atom stereocenters. The van der Waals surface area contributed by atoms with Crippen molar-refractivity contribution in [2.75, 3.05) is 26.5 Å². The smallest absolute Gasteiger partial charge is 0.319 e. The third-order valence-electron chi connectivity index (χ3n) is 2.56. The van der Waals surface area contributed by atoms with Gasteiger partial charge < -0.3 is 13.6 Å². The molecule has 0 amide bonds. The van der Waals surface area contributed by atoms with Crippen LogP contribution in [0.1, 0.15) is 26.7 Å².